The molecule has 1 amide bonds. The number of anilines is 1. The van der Waals surface area contributed by atoms with E-state index in [1.165, 1.54) is 4.31 Å². The SMILES string of the molecule is CCS(=O)(=O)N1CCC[C@H](C(=O)Nc2cccc(OC(C)C)c2)C1. The summed E-state index contributed by atoms with van der Waals surface area (Å²) in [6.07, 6.45) is 1.46. The van der Waals surface area contributed by atoms with Gasteiger partial charge < -0.3 is 10.1 Å². The van der Waals surface area contributed by atoms with Crippen LogP contribution in [0, 0.1) is 5.92 Å². The van der Waals surface area contributed by atoms with E-state index in [0.717, 1.165) is 0 Å². The van der Waals surface area contributed by atoms with Gasteiger partial charge in [-0.3, -0.25) is 4.79 Å². The van der Waals surface area contributed by atoms with Gasteiger partial charge in [0.05, 0.1) is 17.8 Å². The molecule has 0 radical (unpaired) electrons. The Morgan fingerprint density at radius 1 is 1.42 bits per heavy atom. The second-order valence-corrected chi connectivity index (χ2v) is 8.54. The fraction of sp³-hybridized carbons (Fsp3) is 0.588. The molecule has 0 saturated carbocycles. The Bertz CT molecular complexity index is 673. The molecule has 2 rings (SSSR count). The van der Waals surface area contributed by atoms with Crippen LogP contribution in [0.4, 0.5) is 5.69 Å². The number of benzene rings is 1. The number of piperidine rings is 1. The summed E-state index contributed by atoms with van der Waals surface area (Å²) >= 11 is 0. The molecule has 0 aliphatic carbocycles. The highest BCUT2D eigenvalue weighted by Crippen LogP contribution is 2.23. The van der Waals surface area contributed by atoms with Crippen LogP contribution in [0.3, 0.4) is 0 Å². The van der Waals surface area contributed by atoms with Gasteiger partial charge in [-0.15, -0.1) is 0 Å². The molecule has 0 spiro atoms. The van der Waals surface area contributed by atoms with Gasteiger partial charge in [0.1, 0.15) is 5.75 Å². The predicted octanol–water partition coefficient (Wildman–Crippen LogP) is 2.47. The van der Waals surface area contributed by atoms with Gasteiger partial charge >= 0.3 is 0 Å². The quantitative estimate of drug-likeness (QED) is 0.851. The molecule has 1 N–H and O–H groups in total. The lowest BCUT2D eigenvalue weighted by atomic mass is 9.98. The Morgan fingerprint density at radius 3 is 2.83 bits per heavy atom. The smallest absolute Gasteiger partial charge is 0.228 e. The lowest BCUT2D eigenvalue weighted by molar-refractivity contribution is -0.120. The number of hydrogen-bond acceptors (Lipinski definition) is 4. The third kappa shape index (κ3) is 4.95. The molecule has 1 saturated heterocycles. The van der Waals surface area contributed by atoms with Crippen molar-refractivity contribution in [2.45, 2.75) is 39.7 Å². The third-order valence-corrected chi connectivity index (χ3v) is 5.83. The van der Waals surface area contributed by atoms with Gasteiger partial charge in [-0.1, -0.05) is 6.07 Å². The van der Waals surface area contributed by atoms with Crippen LogP contribution in [-0.4, -0.2) is 43.6 Å². The average Bonchev–Trinajstić information content (AvgIpc) is 2.54. The molecule has 1 atom stereocenters. The monoisotopic (exact) mass is 354 g/mol. The van der Waals surface area contributed by atoms with Crippen molar-refractivity contribution in [3.05, 3.63) is 24.3 Å². The number of carbonyl (C=O) groups excluding carboxylic acids is 1. The molecule has 0 bridgehead atoms. The Kier molecular flexibility index (Phi) is 6.23. The molecular formula is C17H26N2O4S. The number of hydrogen-bond donors (Lipinski definition) is 1. The van der Waals surface area contributed by atoms with E-state index in [4.69, 9.17) is 4.74 Å². The van der Waals surface area contributed by atoms with Crippen LogP contribution < -0.4 is 10.1 Å². The zero-order valence-corrected chi connectivity index (χ0v) is 15.3. The minimum Gasteiger partial charge on any atom is -0.491 e. The predicted molar refractivity (Wildman–Crippen MR) is 94.6 cm³/mol. The van der Waals surface area contributed by atoms with Gasteiger partial charge in [-0.05, 0) is 45.7 Å². The van der Waals surface area contributed by atoms with E-state index in [-0.39, 0.29) is 30.2 Å². The van der Waals surface area contributed by atoms with Crippen LogP contribution in [-0.2, 0) is 14.8 Å². The summed E-state index contributed by atoms with van der Waals surface area (Å²) in [4.78, 5) is 12.5. The minimum atomic E-state index is -3.25. The molecule has 1 aromatic rings. The normalized spacial score (nSPS) is 19.2. The van der Waals surface area contributed by atoms with E-state index in [9.17, 15) is 13.2 Å². The first kappa shape index (κ1) is 18.7. The first-order valence-corrected chi connectivity index (χ1v) is 9.98. The Hall–Kier alpha value is -1.60. The topological polar surface area (TPSA) is 75.7 Å². The van der Waals surface area contributed by atoms with Gasteiger partial charge in [0.15, 0.2) is 0 Å². The molecule has 1 heterocycles. The largest absolute Gasteiger partial charge is 0.491 e. The van der Waals surface area contributed by atoms with Crippen molar-refractivity contribution in [1.82, 2.24) is 4.31 Å². The van der Waals surface area contributed by atoms with Crippen LogP contribution in [0.1, 0.15) is 33.6 Å². The van der Waals surface area contributed by atoms with Crippen molar-refractivity contribution in [1.29, 1.82) is 0 Å². The van der Waals surface area contributed by atoms with Crippen molar-refractivity contribution < 1.29 is 17.9 Å². The maximum Gasteiger partial charge on any atom is 0.228 e. The third-order valence-electron chi connectivity index (χ3n) is 3.99. The number of sulfonamides is 1. The number of carbonyl (C=O) groups is 1. The van der Waals surface area contributed by atoms with E-state index in [1.54, 1.807) is 19.1 Å². The second-order valence-electron chi connectivity index (χ2n) is 6.28. The van der Waals surface area contributed by atoms with E-state index < -0.39 is 10.0 Å². The number of amides is 1. The van der Waals surface area contributed by atoms with Crippen LogP contribution >= 0.6 is 0 Å². The maximum atomic E-state index is 12.5. The van der Waals surface area contributed by atoms with Crippen molar-refractivity contribution in [2.24, 2.45) is 5.92 Å². The van der Waals surface area contributed by atoms with Crippen molar-refractivity contribution >= 4 is 21.6 Å². The second kappa shape index (κ2) is 7.98. The lowest BCUT2D eigenvalue weighted by Crippen LogP contribution is -2.44. The maximum absolute atomic E-state index is 12.5. The van der Waals surface area contributed by atoms with Crippen molar-refractivity contribution in [2.75, 3.05) is 24.2 Å². The van der Waals surface area contributed by atoms with Crippen LogP contribution in [0.5, 0.6) is 5.75 Å². The van der Waals surface area contributed by atoms with E-state index >= 15 is 0 Å². The first-order valence-electron chi connectivity index (χ1n) is 8.37. The zero-order chi connectivity index (χ0) is 17.7. The molecule has 0 unspecified atom stereocenters. The summed E-state index contributed by atoms with van der Waals surface area (Å²) in [7, 11) is -3.25. The van der Waals surface area contributed by atoms with Crippen LogP contribution in [0.25, 0.3) is 0 Å². The first-order chi connectivity index (χ1) is 11.3. The molecule has 7 heteroatoms. The molecule has 134 valence electrons. The Balaban J connectivity index is 2.02. The molecule has 1 aliphatic heterocycles. The van der Waals surface area contributed by atoms with E-state index in [1.807, 2.05) is 26.0 Å². The standard InChI is InChI=1S/C17H26N2O4S/c1-4-24(21,22)19-10-6-7-14(12-19)17(20)18-15-8-5-9-16(11-15)23-13(2)3/h5,8-9,11,13-14H,4,6-7,10,12H2,1-3H3,(H,18,20)/t14-/m0/s1. The van der Waals surface area contributed by atoms with Crippen molar-refractivity contribution in [3.8, 4) is 5.75 Å². The van der Waals surface area contributed by atoms with Gasteiger partial charge in [-0.25, -0.2) is 12.7 Å². The fourth-order valence-electron chi connectivity index (χ4n) is 2.76. The number of rotatable bonds is 6. The molecule has 1 aliphatic rings. The molecule has 24 heavy (non-hydrogen) atoms. The fourth-order valence-corrected chi connectivity index (χ4v) is 3.93. The van der Waals surface area contributed by atoms with Gasteiger partial charge in [0.2, 0.25) is 15.9 Å². The molecule has 0 aromatic heterocycles. The zero-order valence-electron chi connectivity index (χ0n) is 14.5. The van der Waals surface area contributed by atoms with Gasteiger partial charge in [-0.2, -0.15) is 0 Å². The summed E-state index contributed by atoms with van der Waals surface area (Å²) in [5.41, 5.74) is 0.661. The Morgan fingerprint density at radius 2 is 2.17 bits per heavy atom. The summed E-state index contributed by atoms with van der Waals surface area (Å²) in [6.45, 7) is 6.26. The summed E-state index contributed by atoms with van der Waals surface area (Å²) < 4.78 is 31.1. The van der Waals surface area contributed by atoms with Crippen LogP contribution in [0.15, 0.2) is 24.3 Å². The Labute approximate surface area is 144 Å². The lowest BCUT2D eigenvalue weighted by Gasteiger charge is -2.30. The molecular weight excluding hydrogens is 328 g/mol. The highest BCUT2D eigenvalue weighted by atomic mass is 32.2. The summed E-state index contributed by atoms with van der Waals surface area (Å²) in [6, 6.07) is 7.24. The van der Waals surface area contributed by atoms with Gasteiger partial charge in [0.25, 0.3) is 0 Å². The highest BCUT2D eigenvalue weighted by Gasteiger charge is 2.31. The van der Waals surface area contributed by atoms with Crippen LogP contribution in [0.2, 0.25) is 0 Å². The summed E-state index contributed by atoms with van der Waals surface area (Å²) in [5.74, 6) is 0.291. The molecule has 6 nitrogen and oxygen atoms in total. The number of ether oxygens (including phenoxy) is 1. The summed E-state index contributed by atoms with van der Waals surface area (Å²) in [5, 5.41) is 2.87. The number of nitrogens with zero attached hydrogens (tertiary/aromatic N) is 1. The van der Waals surface area contributed by atoms with Gasteiger partial charge in [0, 0.05) is 24.8 Å². The van der Waals surface area contributed by atoms with E-state index in [0.29, 0.717) is 30.8 Å². The molecule has 1 fully saturated rings. The van der Waals surface area contributed by atoms with E-state index in [2.05, 4.69) is 5.32 Å². The highest BCUT2D eigenvalue weighted by molar-refractivity contribution is 7.89. The van der Waals surface area contributed by atoms with Crippen molar-refractivity contribution in [3.63, 3.8) is 0 Å². The number of nitrogens with one attached hydrogen (secondary N) is 1. The molecule has 1 aromatic carbocycles. The average molecular weight is 354 g/mol. The minimum absolute atomic E-state index is 0.0575.